The van der Waals surface area contributed by atoms with Gasteiger partial charge in [0.1, 0.15) is 0 Å². The van der Waals surface area contributed by atoms with Gasteiger partial charge in [0.05, 0.1) is 22.1 Å². The molecule has 4 nitrogen and oxygen atoms in total. The van der Waals surface area contributed by atoms with Crippen LogP contribution >= 0.6 is 0 Å². The van der Waals surface area contributed by atoms with Crippen molar-refractivity contribution in [1.29, 1.82) is 0 Å². The molecule has 0 saturated heterocycles. The summed E-state index contributed by atoms with van der Waals surface area (Å²) < 4.78 is 4.76. The molecule has 0 fully saturated rings. The zero-order chi connectivity index (χ0) is 29.9. The number of aromatic nitrogens is 2. The van der Waals surface area contributed by atoms with Gasteiger partial charge < -0.3 is 18.9 Å². The highest BCUT2D eigenvalue weighted by Gasteiger charge is 2.16. The zero-order valence-electron chi connectivity index (χ0n) is 25.5. The lowest BCUT2D eigenvalue weighted by Gasteiger charge is -2.14. The number of hydrogen-bond acceptors (Lipinski definition) is 2. The molecule has 4 heteroatoms. The summed E-state index contributed by atoms with van der Waals surface area (Å²) in [5.74, 6) is 0. The van der Waals surface area contributed by atoms with Gasteiger partial charge in [0.2, 0.25) is 0 Å². The van der Waals surface area contributed by atoms with Gasteiger partial charge in [-0.15, -0.1) is 0 Å². The van der Waals surface area contributed by atoms with E-state index in [1.807, 2.05) is 0 Å². The number of fused-ring (bicyclic) bond motifs is 6. The Morgan fingerprint density at radius 2 is 0.727 bits per heavy atom. The molecular weight excluding hydrogens is 536 g/mol. The van der Waals surface area contributed by atoms with Gasteiger partial charge in [0.25, 0.3) is 0 Å². The van der Waals surface area contributed by atoms with Crippen molar-refractivity contribution in [2.75, 3.05) is 38.0 Å². The minimum atomic E-state index is 1.17. The molecule has 0 aliphatic rings. The number of nitrogens with zero attached hydrogens (tertiary/aromatic N) is 4. The van der Waals surface area contributed by atoms with Gasteiger partial charge in [-0.1, -0.05) is 48.5 Å². The third kappa shape index (κ3) is 4.06. The maximum atomic E-state index is 2.38. The largest absolute Gasteiger partial charge is 0.378 e. The molecule has 8 rings (SSSR count). The minimum absolute atomic E-state index is 1.17. The average molecular weight is 571 g/mol. The van der Waals surface area contributed by atoms with Crippen molar-refractivity contribution in [2.24, 2.45) is 0 Å². The Kier molecular flexibility index (Phi) is 5.98. The lowest BCUT2D eigenvalue weighted by atomic mass is 10.0. The summed E-state index contributed by atoms with van der Waals surface area (Å²) in [5.41, 5.74) is 12.0. The van der Waals surface area contributed by atoms with Crippen LogP contribution in [-0.2, 0) is 0 Å². The molecule has 0 spiro atoms. The molecule has 0 N–H and O–H groups in total. The minimum Gasteiger partial charge on any atom is -0.378 e. The fourth-order valence-corrected chi connectivity index (χ4v) is 6.66. The Hall–Kier alpha value is -5.48. The fraction of sp³-hybridized carbons (Fsp3) is 0.100. The molecule has 0 aliphatic carbocycles. The molecule has 0 atom stereocenters. The lowest BCUT2D eigenvalue weighted by Crippen LogP contribution is -2.08. The molecule has 44 heavy (non-hydrogen) atoms. The van der Waals surface area contributed by atoms with Gasteiger partial charge in [-0.3, -0.25) is 0 Å². The summed E-state index contributed by atoms with van der Waals surface area (Å²) in [6.45, 7) is 0. The van der Waals surface area contributed by atoms with Crippen LogP contribution in [0.4, 0.5) is 11.4 Å². The van der Waals surface area contributed by atoms with Crippen molar-refractivity contribution >= 4 is 55.0 Å². The first-order valence-electron chi connectivity index (χ1n) is 15.1. The number of hydrogen-bond donors (Lipinski definition) is 0. The summed E-state index contributed by atoms with van der Waals surface area (Å²) in [4.78, 5) is 4.27. The zero-order valence-corrected chi connectivity index (χ0v) is 25.5. The van der Waals surface area contributed by atoms with Crippen molar-refractivity contribution in [1.82, 2.24) is 9.13 Å². The SMILES string of the molecule is CN(C)c1ccc(-n2c3ccccc3c3cc(-c4ccc5c(c4)c4ccccc4n5-c4ccc(N(C)C)cc4)ccc32)cc1. The van der Waals surface area contributed by atoms with Crippen LogP contribution in [0.15, 0.2) is 133 Å². The maximum absolute atomic E-state index is 2.38. The Bertz CT molecular complexity index is 2150. The van der Waals surface area contributed by atoms with E-state index in [-0.39, 0.29) is 0 Å². The molecule has 0 bridgehead atoms. The Morgan fingerprint density at radius 1 is 0.364 bits per heavy atom. The number of benzene rings is 6. The molecule has 0 aliphatic heterocycles. The first-order valence-corrected chi connectivity index (χ1v) is 15.1. The van der Waals surface area contributed by atoms with Crippen LogP contribution in [-0.4, -0.2) is 37.3 Å². The highest BCUT2D eigenvalue weighted by atomic mass is 15.1. The van der Waals surface area contributed by atoms with E-state index >= 15 is 0 Å². The molecule has 0 unspecified atom stereocenters. The Labute approximate surface area is 257 Å². The molecule has 0 radical (unpaired) electrons. The molecule has 2 heterocycles. The Morgan fingerprint density at radius 3 is 1.11 bits per heavy atom. The highest BCUT2D eigenvalue weighted by molar-refractivity contribution is 6.12. The van der Waals surface area contributed by atoms with Crippen LogP contribution in [0.3, 0.4) is 0 Å². The molecule has 6 aromatic carbocycles. The van der Waals surface area contributed by atoms with Gasteiger partial charge in [-0.05, 0) is 96.1 Å². The van der Waals surface area contributed by atoms with Crippen molar-refractivity contribution in [2.45, 2.75) is 0 Å². The molecule has 2 aromatic heterocycles. The summed E-state index contributed by atoms with van der Waals surface area (Å²) >= 11 is 0. The fourth-order valence-electron chi connectivity index (χ4n) is 6.66. The molecular formula is C40H34N4. The van der Waals surface area contributed by atoms with E-state index in [9.17, 15) is 0 Å². The van der Waals surface area contributed by atoms with Crippen molar-refractivity contribution in [3.8, 4) is 22.5 Å². The molecule has 0 saturated carbocycles. The maximum Gasteiger partial charge on any atom is 0.0541 e. The van der Waals surface area contributed by atoms with Crippen LogP contribution in [0.25, 0.3) is 66.1 Å². The van der Waals surface area contributed by atoms with E-state index in [0.29, 0.717) is 0 Å². The van der Waals surface area contributed by atoms with Crippen LogP contribution in [0.2, 0.25) is 0 Å². The number of rotatable bonds is 5. The van der Waals surface area contributed by atoms with E-state index in [0.717, 1.165) is 0 Å². The van der Waals surface area contributed by atoms with Gasteiger partial charge >= 0.3 is 0 Å². The van der Waals surface area contributed by atoms with E-state index < -0.39 is 0 Å². The van der Waals surface area contributed by atoms with Crippen LogP contribution in [0.1, 0.15) is 0 Å². The predicted molar refractivity (Wildman–Crippen MR) is 189 cm³/mol. The van der Waals surface area contributed by atoms with Crippen molar-refractivity contribution in [3.63, 3.8) is 0 Å². The van der Waals surface area contributed by atoms with Gasteiger partial charge in [-0.2, -0.15) is 0 Å². The second kappa shape index (κ2) is 10.1. The third-order valence-electron chi connectivity index (χ3n) is 8.93. The first kappa shape index (κ1) is 26.2. The van der Waals surface area contributed by atoms with E-state index in [4.69, 9.17) is 0 Å². The van der Waals surface area contributed by atoms with Crippen LogP contribution < -0.4 is 9.80 Å². The normalized spacial score (nSPS) is 11.6. The van der Waals surface area contributed by atoms with Gasteiger partial charge in [0.15, 0.2) is 0 Å². The van der Waals surface area contributed by atoms with Gasteiger partial charge in [-0.25, -0.2) is 0 Å². The summed E-state index contributed by atoms with van der Waals surface area (Å²) in [7, 11) is 8.31. The third-order valence-corrected chi connectivity index (χ3v) is 8.93. The van der Waals surface area contributed by atoms with Crippen LogP contribution in [0, 0.1) is 0 Å². The highest BCUT2D eigenvalue weighted by Crippen LogP contribution is 2.38. The lowest BCUT2D eigenvalue weighted by molar-refractivity contribution is 1.12. The molecule has 214 valence electrons. The van der Waals surface area contributed by atoms with Gasteiger partial charge in [0, 0.05) is 72.5 Å². The van der Waals surface area contributed by atoms with E-state index in [2.05, 4.69) is 181 Å². The summed E-state index contributed by atoms with van der Waals surface area (Å²) in [5, 5.41) is 5.05. The van der Waals surface area contributed by atoms with Crippen LogP contribution in [0.5, 0.6) is 0 Å². The predicted octanol–water partition coefficient (Wildman–Crippen LogP) is 9.68. The first-order chi connectivity index (χ1) is 21.5. The Balaban J connectivity index is 1.29. The topological polar surface area (TPSA) is 16.3 Å². The molecule has 8 aromatic rings. The van der Waals surface area contributed by atoms with Crippen molar-refractivity contribution in [3.05, 3.63) is 133 Å². The van der Waals surface area contributed by atoms with E-state index in [1.165, 1.54) is 77.5 Å². The number of anilines is 2. The average Bonchev–Trinajstić information content (AvgIpc) is 3.57. The second-order valence-electron chi connectivity index (χ2n) is 12.0. The standard InChI is InChI=1S/C40H34N4/c1-41(2)29-15-19-31(20-16-29)43-37-11-7-5-9-33(37)35-25-27(13-23-39(35)43)28-14-24-40-36(26-28)34-10-6-8-12-38(34)44(40)32-21-17-30(18-22-32)42(3)4/h5-26H,1-4H3. The monoisotopic (exact) mass is 570 g/mol. The molecule has 0 amide bonds. The number of para-hydroxylation sites is 2. The van der Waals surface area contributed by atoms with E-state index in [1.54, 1.807) is 0 Å². The summed E-state index contributed by atoms with van der Waals surface area (Å²) in [6.07, 6.45) is 0. The quantitative estimate of drug-likeness (QED) is 0.205. The smallest absolute Gasteiger partial charge is 0.0541 e. The van der Waals surface area contributed by atoms with Crippen molar-refractivity contribution < 1.29 is 0 Å². The second-order valence-corrected chi connectivity index (χ2v) is 12.0. The summed E-state index contributed by atoms with van der Waals surface area (Å²) in [6, 6.07) is 48.9.